The van der Waals surface area contributed by atoms with Crippen LogP contribution >= 0.6 is 0 Å². The summed E-state index contributed by atoms with van der Waals surface area (Å²) >= 11 is 0. The molecule has 1 unspecified atom stereocenters. The number of esters is 3. The molecule has 6 nitrogen and oxygen atoms in total. The molecule has 0 aliphatic heterocycles. The molecule has 368 valence electrons. The van der Waals surface area contributed by atoms with Crippen LogP contribution in [0.1, 0.15) is 226 Å². The first-order chi connectivity index (χ1) is 32.0. The van der Waals surface area contributed by atoms with Crippen LogP contribution in [0, 0.1) is 0 Å². The predicted molar refractivity (Wildman–Crippen MR) is 279 cm³/mol. The number of rotatable bonds is 46. The summed E-state index contributed by atoms with van der Waals surface area (Å²) in [5.74, 6) is -0.997. The maximum atomic E-state index is 12.8. The van der Waals surface area contributed by atoms with Crippen molar-refractivity contribution in [3.05, 3.63) is 109 Å². The van der Waals surface area contributed by atoms with Gasteiger partial charge in [0.05, 0.1) is 0 Å². The summed E-state index contributed by atoms with van der Waals surface area (Å²) in [6.45, 7) is 6.31. The van der Waals surface area contributed by atoms with Gasteiger partial charge >= 0.3 is 17.9 Å². The van der Waals surface area contributed by atoms with Gasteiger partial charge in [-0.1, -0.05) is 214 Å². The molecule has 0 aliphatic rings. The molecule has 6 heteroatoms. The van der Waals surface area contributed by atoms with Crippen molar-refractivity contribution in [3.8, 4) is 0 Å². The molecule has 0 amide bonds. The number of carbonyl (C=O) groups excluding carboxylic acids is 3. The van der Waals surface area contributed by atoms with Crippen LogP contribution in [-0.4, -0.2) is 37.2 Å². The lowest BCUT2D eigenvalue weighted by Crippen LogP contribution is -2.30. The molecule has 0 aromatic rings. The minimum Gasteiger partial charge on any atom is -0.462 e. The molecular weight excluding hydrogens is 805 g/mol. The summed E-state index contributed by atoms with van der Waals surface area (Å²) in [4.78, 5) is 38.0. The van der Waals surface area contributed by atoms with Gasteiger partial charge < -0.3 is 14.2 Å². The Bertz CT molecular complexity index is 1360. The Hall–Kier alpha value is -3.93. The highest BCUT2D eigenvalue weighted by Gasteiger charge is 2.19. The van der Waals surface area contributed by atoms with Gasteiger partial charge in [0.25, 0.3) is 0 Å². The van der Waals surface area contributed by atoms with Crippen molar-refractivity contribution in [1.82, 2.24) is 0 Å². The van der Waals surface area contributed by atoms with Crippen LogP contribution < -0.4 is 0 Å². The van der Waals surface area contributed by atoms with Crippen molar-refractivity contribution in [2.45, 2.75) is 232 Å². The van der Waals surface area contributed by atoms with Gasteiger partial charge in [-0.15, -0.1) is 0 Å². The Kier molecular flexibility index (Phi) is 49.5. The third-order valence-corrected chi connectivity index (χ3v) is 10.8. The minimum absolute atomic E-state index is 0.110. The van der Waals surface area contributed by atoms with E-state index in [4.69, 9.17) is 14.2 Å². The zero-order valence-corrected chi connectivity index (χ0v) is 42.0. The fraction of sp³-hybridized carbons (Fsp3) is 0.644. The molecular formula is C59H96O6. The van der Waals surface area contributed by atoms with E-state index in [-0.39, 0.29) is 37.5 Å². The highest BCUT2D eigenvalue weighted by atomic mass is 16.6. The van der Waals surface area contributed by atoms with Crippen molar-refractivity contribution in [2.75, 3.05) is 13.2 Å². The Morgan fingerprint density at radius 1 is 0.338 bits per heavy atom. The van der Waals surface area contributed by atoms with E-state index in [1.807, 2.05) is 0 Å². The Morgan fingerprint density at radius 2 is 0.692 bits per heavy atom. The summed E-state index contributed by atoms with van der Waals surface area (Å²) in [6.07, 6.45) is 70.8. The Labute approximate surface area is 400 Å². The Balaban J connectivity index is 4.51. The van der Waals surface area contributed by atoms with Crippen LogP contribution in [0.4, 0.5) is 0 Å². The monoisotopic (exact) mass is 901 g/mol. The molecule has 0 saturated carbocycles. The number of carbonyl (C=O) groups is 3. The van der Waals surface area contributed by atoms with Gasteiger partial charge in [0.2, 0.25) is 0 Å². The molecule has 0 aromatic carbocycles. The lowest BCUT2D eigenvalue weighted by Gasteiger charge is -2.18. The van der Waals surface area contributed by atoms with Crippen molar-refractivity contribution in [1.29, 1.82) is 0 Å². The second kappa shape index (κ2) is 52.7. The zero-order valence-electron chi connectivity index (χ0n) is 42.0. The molecule has 0 aromatic heterocycles. The van der Waals surface area contributed by atoms with E-state index in [2.05, 4.69) is 130 Å². The van der Waals surface area contributed by atoms with Gasteiger partial charge in [-0.05, 0) is 103 Å². The second-order valence-corrected chi connectivity index (χ2v) is 17.1. The molecule has 0 heterocycles. The van der Waals surface area contributed by atoms with E-state index in [0.29, 0.717) is 19.3 Å². The number of hydrogen-bond donors (Lipinski definition) is 0. The van der Waals surface area contributed by atoms with Crippen LogP contribution in [0.25, 0.3) is 0 Å². The first kappa shape index (κ1) is 61.1. The van der Waals surface area contributed by atoms with Gasteiger partial charge in [-0.25, -0.2) is 0 Å². The minimum atomic E-state index is -0.813. The molecule has 0 radical (unpaired) electrons. The summed E-state index contributed by atoms with van der Waals surface area (Å²) in [6, 6.07) is 0. The van der Waals surface area contributed by atoms with Gasteiger partial charge in [-0.2, -0.15) is 0 Å². The third-order valence-electron chi connectivity index (χ3n) is 10.8. The first-order valence-electron chi connectivity index (χ1n) is 26.4. The largest absolute Gasteiger partial charge is 0.462 e. The van der Waals surface area contributed by atoms with Crippen molar-refractivity contribution < 1.29 is 28.6 Å². The van der Waals surface area contributed by atoms with Crippen LogP contribution in [0.5, 0.6) is 0 Å². The lowest BCUT2D eigenvalue weighted by molar-refractivity contribution is -0.167. The predicted octanol–water partition coefficient (Wildman–Crippen LogP) is 17.5. The molecule has 65 heavy (non-hydrogen) atoms. The topological polar surface area (TPSA) is 78.9 Å². The van der Waals surface area contributed by atoms with Crippen LogP contribution in [0.15, 0.2) is 109 Å². The van der Waals surface area contributed by atoms with Gasteiger partial charge in [-0.3, -0.25) is 14.4 Å². The fourth-order valence-corrected chi connectivity index (χ4v) is 6.88. The molecule has 0 spiro atoms. The van der Waals surface area contributed by atoms with Crippen molar-refractivity contribution in [2.24, 2.45) is 0 Å². The van der Waals surface area contributed by atoms with E-state index in [0.717, 1.165) is 103 Å². The normalized spacial score (nSPS) is 13.0. The molecule has 0 fully saturated rings. The zero-order chi connectivity index (χ0) is 47.2. The molecule has 0 rings (SSSR count). The van der Waals surface area contributed by atoms with Crippen LogP contribution in [-0.2, 0) is 28.6 Å². The van der Waals surface area contributed by atoms with Crippen molar-refractivity contribution in [3.63, 3.8) is 0 Å². The number of ether oxygens (including phenoxy) is 3. The lowest BCUT2D eigenvalue weighted by atomic mass is 10.1. The maximum Gasteiger partial charge on any atom is 0.306 e. The smallest absolute Gasteiger partial charge is 0.306 e. The average Bonchev–Trinajstić information content (AvgIpc) is 3.30. The first-order valence-corrected chi connectivity index (χ1v) is 26.4. The van der Waals surface area contributed by atoms with Gasteiger partial charge in [0, 0.05) is 19.3 Å². The summed E-state index contributed by atoms with van der Waals surface area (Å²) in [5, 5.41) is 0. The Morgan fingerprint density at radius 3 is 1.18 bits per heavy atom. The molecule has 0 saturated heterocycles. The third kappa shape index (κ3) is 50.9. The van der Waals surface area contributed by atoms with Gasteiger partial charge in [0.1, 0.15) is 13.2 Å². The fourth-order valence-electron chi connectivity index (χ4n) is 6.88. The quantitative estimate of drug-likeness (QED) is 0.0199. The molecule has 0 bridgehead atoms. The number of hydrogen-bond acceptors (Lipinski definition) is 6. The summed E-state index contributed by atoms with van der Waals surface area (Å²) in [7, 11) is 0. The second-order valence-electron chi connectivity index (χ2n) is 17.1. The van der Waals surface area contributed by atoms with E-state index in [1.54, 1.807) is 0 Å². The molecule has 0 N–H and O–H groups in total. The van der Waals surface area contributed by atoms with E-state index in [9.17, 15) is 14.4 Å². The SMILES string of the molecule is CC\C=C/C=C\C=C/CCCCCCCC(=O)OCC(COC(=O)CCC/C=C\C/C=C\C/C=C\C/C=C\C/C=C\CC)OC(=O)CCCCCCCCC/C=C\CCCCCCCC. The van der Waals surface area contributed by atoms with E-state index < -0.39 is 6.10 Å². The summed E-state index contributed by atoms with van der Waals surface area (Å²) in [5.41, 5.74) is 0. The van der Waals surface area contributed by atoms with E-state index in [1.165, 1.54) is 77.0 Å². The summed E-state index contributed by atoms with van der Waals surface area (Å²) < 4.78 is 16.7. The van der Waals surface area contributed by atoms with Gasteiger partial charge in [0.15, 0.2) is 6.10 Å². The number of allylic oxidation sites excluding steroid dienone is 18. The molecule has 0 aliphatic carbocycles. The number of unbranched alkanes of at least 4 members (excludes halogenated alkanes) is 19. The van der Waals surface area contributed by atoms with Crippen LogP contribution in [0.3, 0.4) is 0 Å². The van der Waals surface area contributed by atoms with Crippen molar-refractivity contribution >= 4 is 17.9 Å². The van der Waals surface area contributed by atoms with E-state index >= 15 is 0 Å². The maximum absolute atomic E-state index is 12.8. The standard InChI is InChI=1S/C59H96O6/c1-4-7-10-13-16-19-22-25-27-29-31-34-37-40-43-46-49-52-58(61)64-55-56(54-63-57(60)51-48-45-42-39-36-33-24-21-18-15-12-9-6-3)65-59(62)53-50-47-44-41-38-35-32-30-28-26-23-20-17-14-11-8-5-2/h7,9-10,12,15-16,18-19,21,24-28,31,34,40,43,56H,4-6,8,11,13-14,17,20,22-23,29-30,32-33,35-39,41-42,44-55H2,1-3H3/b10-7-,12-9-,18-15-,19-16-,24-21-,27-25-,28-26-,34-31-,43-40-. The van der Waals surface area contributed by atoms with Crippen LogP contribution in [0.2, 0.25) is 0 Å². The highest BCUT2D eigenvalue weighted by Crippen LogP contribution is 2.14. The highest BCUT2D eigenvalue weighted by molar-refractivity contribution is 5.71. The molecule has 1 atom stereocenters. The average molecular weight is 901 g/mol.